The zero-order valence-electron chi connectivity index (χ0n) is 17.3. The quantitative estimate of drug-likeness (QED) is 0.618. The van der Waals surface area contributed by atoms with E-state index in [1.165, 1.54) is 9.87 Å². The van der Waals surface area contributed by atoms with Crippen molar-refractivity contribution in [2.45, 2.75) is 11.3 Å². The van der Waals surface area contributed by atoms with Crippen LogP contribution in [0.5, 0.6) is 0 Å². The summed E-state index contributed by atoms with van der Waals surface area (Å²) in [7, 11) is -3.71. The minimum absolute atomic E-state index is 0.143. The molecule has 7 heteroatoms. The summed E-state index contributed by atoms with van der Waals surface area (Å²) in [5, 5.41) is 1.59. The monoisotopic (exact) mass is 435 g/mol. The highest BCUT2D eigenvalue weighted by molar-refractivity contribution is 7.93. The molecule has 2 aliphatic rings. The normalized spacial score (nSPS) is 17.9. The molecule has 31 heavy (non-hydrogen) atoms. The average Bonchev–Trinajstić information content (AvgIpc) is 3.02. The van der Waals surface area contributed by atoms with Gasteiger partial charge in [-0.25, -0.2) is 8.42 Å². The van der Waals surface area contributed by atoms with Crippen molar-refractivity contribution in [2.75, 3.05) is 43.6 Å². The summed E-state index contributed by atoms with van der Waals surface area (Å²) in [4.78, 5) is 17.4. The lowest BCUT2D eigenvalue weighted by molar-refractivity contribution is -0.131. The Bertz CT molecular complexity index is 1210. The zero-order valence-corrected chi connectivity index (χ0v) is 18.1. The molecule has 5 rings (SSSR count). The molecule has 3 aromatic rings. The molecule has 1 amide bonds. The summed E-state index contributed by atoms with van der Waals surface area (Å²) >= 11 is 0. The number of rotatable bonds is 5. The third kappa shape index (κ3) is 3.68. The number of amides is 1. The number of carbonyl (C=O) groups excluding carboxylic acids is 1. The minimum atomic E-state index is -3.71. The summed E-state index contributed by atoms with van der Waals surface area (Å²) in [6, 6.07) is 21.2. The van der Waals surface area contributed by atoms with Crippen LogP contribution < -0.4 is 4.31 Å². The van der Waals surface area contributed by atoms with Crippen molar-refractivity contribution in [3.8, 4) is 0 Å². The molecule has 0 bridgehead atoms. The Hall–Kier alpha value is -2.90. The van der Waals surface area contributed by atoms with Crippen molar-refractivity contribution in [1.29, 1.82) is 0 Å². The number of carbonyl (C=O) groups is 1. The summed E-state index contributed by atoms with van der Waals surface area (Å²) in [6.45, 7) is 3.67. The minimum Gasteiger partial charge on any atom is -0.339 e. The first-order valence-electron chi connectivity index (χ1n) is 10.6. The van der Waals surface area contributed by atoms with E-state index in [0.29, 0.717) is 29.1 Å². The fourth-order valence-electron chi connectivity index (χ4n) is 4.50. The van der Waals surface area contributed by atoms with Gasteiger partial charge in [-0.05, 0) is 29.5 Å². The number of nitrogens with zero attached hydrogens (tertiary/aromatic N) is 3. The van der Waals surface area contributed by atoms with Gasteiger partial charge in [0.05, 0.1) is 10.6 Å². The van der Waals surface area contributed by atoms with Crippen LogP contribution >= 0.6 is 0 Å². The Labute approximate surface area is 182 Å². The highest BCUT2D eigenvalue weighted by Gasteiger charge is 2.37. The smallest absolute Gasteiger partial charge is 0.265 e. The van der Waals surface area contributed by atoms with E-state index in [-0.39, 0.29) is 12.5 Å². The lowest BCUT2D eigenvalue weighted by atomic mass is 10.1. The van der Waals surface area contributed by atoms with Gasteiger partial charge < -0.3 is 4.90 Å². The second kappa shape index (κ2) is 7.98. The van der Waals surface area contributed by atoms with Crippen molar-refractivity contribution >= 4 is 32.4 Å². The van der Waals surface area contributed by atoms with E-state index < -0.39 is 10.0 Å². The average molecular weight is 436 g/mol. The molecule has 3 aromatic carbocycles. The van der Waals surface area contributed by atoms with Crippen LogP contribution in [0.1, 0.15) is 5.56 Å². The molecule has 160 valence electrons. The van der Waals surface area contributed by atoms with E-state index >= 15 is 0 Å². The molecule has 2 aliphatic heterocycles. The second-order valence-electron chi connectivity index (χ2n) is 8.10. The summed E-state index contributed by atoms with van der Waals surface area (Å²) in [5.74, 6) is -0.143. The maximum Gasteiger partial charge on any atom is 0.265 e. The number of benzene rings is 3. The highest BCUT2D eigenvalue weighted by atomic mass is 32.2. The third-order valence-corrected chi connectivity index (χ3v) is 8.05. The lowest BCUT2D eigenvalue weighted by Gasteiger charge is -2.35. The fraction of sp³-hybridized carbons (Fsp3) is 0.292. The van der Waals surface area contributed by atoms with Crippen LogP contribution in [0.2, 0.25) is 0 Å². The Kier molecular flexibility index (Phi) is 5.16. The van der Waals surface area contributed by atoms with E-state index in [4.69, 9.17) is 0 Å². The van der Waals surface area contributed by atoms with E-state index in [2.05, 4.69) is 29.2 Å². The first kappa shape index (κ1) is 20.0. The van der Waals surface area contributed by atoms with Gasteiger partial charge in [-0.1, -0.05) is 54.6 Å². The molecule has 0 radical (unpaired) electrons. The van der Waals surface area contributed by atoms with Crippen LogP contribution in [0.4, 0.5) is 5.69 Å². The van der Waals surface area contributed by atoms with Crippen LogP contribution in [0.3, 0.4) is 0 Å². The third-order valence-electron chi connectivity index (χ3n) is 6.24. The van der Waals surface area contributed by atoms with Crippen molar-refractivity contribution in [2.24, 2.45) is 0 Å². The predicted octanol–water partition coefficient (Wildman–Crippen LogP) is 2.74. The summed E-state index contributed by atoms with van der Waals surface area (Å²) in [5.41, 5.74) is 1.91. The number of hydrogen-bond donors (Lipinski definition) is 0. The van der Waals surface area contributed by atoms with Crippen LogP contribution in [0, 0.1) is 0 Å². The maximum atomic E-state index is 13.1. The molecule has 1 saturated heterocycles. The van der Waals surface area contributed by atoms with Gasteiger partial charge in [-0.15, -0.1) is 0 Å². The second-order valence-corrected chi connectivity index (χ2v) is 9.93. The van der Waals surface area contributed by atoms with Crippen LogP contribution in [-0.4, -0.2) is 63.4 Å². The summed E-state index contributed by atoms with van der Waals surface area (Å²) < 4.78 is 27.5. The topological polar surface area (TPSA) is 60.9 Å². The van der Waals surface area contributed by atoms with Crippen LogP contribution in [0.25, 0.3) is 10.8 Å². The fourth-order valence-corrected chi connectivity index (χ4v) is 6.16. The van der Waals surface area contributed by atoms with Crippen molar-refractivity contribution < 1.29 is 13.2 Å². The van der Waals surface area contributed by atoms with Gasteiger partial charge in [0, 0.05) is 38.1 Å². The molecule has 0 atom stereocenters. The number of anilines is 1. The van der Waals surface area contributed by atoms with Crippen molar-refractivity contribution in [1.82, 2.24) is 9.80 Å². The number of piperazine rings is 1. The largest absolute Gasteiger partial charge is 0.339 e. The molecular formula is C24H25N3O3S. The molecule has 6 nitrogen and oxygen atoms in total. The van der Waals surface area contributed by atoms with Gasteiger partial charge in [-0.3, -0.25) is 14.0 Å². The first-order valence-corrected chi connectivity index (χ1v) is 12.1. The molecule has 0 aliphatic carbocycles. The van der Waals surface area contributed by atoms with Crippen LogP contribution in [-0.2, 0) is 21.2 Å². The highest BCUT2D eigenvalue weighted by Crippen LogP contribution is 2.41. The SMILES string of the molecule is O=C(CN1c2cccc3cccc(c23)S1(=O)=O)N1CCN(CCc2ccccc2)CC1. The zero-order chi connectivity index (χ0) is 21.4. The molecular weight excluding hydrogens is 410 g/mol. The van der Waals surface area contributed by atoms with E-state index in [9.17, 15) is 13.2 Å². The summed E-state index contributed by atoms with van der Waals surface area (Å²) in [6.07, 6.45) is 0.989. The Morgan fingerprint density at radius 2 is 1.55 bits per heavy atom. The van der Waals surface area contributed by atoms with Crippen molar-refractivity contribution in [3.63, 3.8) is 0 Å². The molecule has 0 aromatic heterocycles. The van der Waals surface area contributed by atoms with Gasteiger partial charge in [0.1, 0.15) is 6.54 Å². The number of sulfonamides is 1. The Balaban J connectivity index is 1.23. The van der Waals surface area contributed by atoms with Gasteiger partial charge in [0.15, 0.2) is 0 Å². The van der Waals surface area contributed by atoms with Gasteiger partial charge >= 0.3 is 0 Å². The first-order chi connectivity index (χ1) is 15.0. The van der Waals surface area contributed by atoms with E-state index in [1.54, 1.807) is 23.1 Å². The lowest BCUT2D eigenvalue weighted by Crippen LogP contribution is -2.51. The molecule has 0 unspecified atom stereocenters. The molecule has 2 heterocycles. The molecule has 0 saturated carbocycles. The van der Waals surface area contributed by atoms with Crippen LogP contribution in [0.15, 0.2) is 71.6 Å². The number of hydrogen-bond acceptors (Lipinski definition) is 4. The van der Waals surface area contributed by atoms with Gasteiger partial charge in [-0.2, -0.15) is 0 Å². The van der Waals surface area contributed by atoms with Crippen molar-refractivity contribution in [3.05, 3.63) is 72.3 Å². The van der Waals surface area contributed by atoms with Gasteiger partial charge in [0.25, 0.3) is 10.0 Å². The standard InChI is InChI=1S/C24H25N3O3S/c28-23(26-16-14-25(15-17-26)13-12-19-6-2-1-3-7-19)18-27-21-10-4-8-20-9-5-11-22(24(20)21)31(27,29)30/h1-11H,12-18H2. The molecule has 0 spiro atoms. The molecule has 0 N–H and O–H groups in total. The predicted molar refractivity (Wildman–Crippen MR) is 122 cm³/mol. The molecule has 1 fully saturated rings. The van der Waals surface area contributed by atoms with Gasteiger partial charge in [0.2, 0.25) is 5.91 Å². The van der Waals surface area contributed by atoms with E-state index in [1.807, 2.05) is 24.3 Å². The maximum absolute atomic E-state index is 13.1. The Morgan fingerprint density at radius 1 is 0.839 bits per heavy atom. The van der Waals surface area contributed by atoms with E-state index in [0.717, 1.165) is 31.4 Å². The Morgan fingerprint density at radius 3 is 2.29 bits per heavy atom.